The summed E-state index contributed by atoms with van der Waals surface area (Å²) in [7, 11) is 0. The SMILES string of the molecule is Cc1nnc(NC(=O)c2ccncc2C#CCO)o1. The summed E-state index contributed by atoms with van der Waals surface area (Å²) in [5, 5.41) is 18.4. The van der Waals surface area contributed by atoms with Gasteiger partial charge in [-0.25, -0.2) is 0 Å². The van der Waals surface area contributed by atoms with Gasteiger partial charge in [-0.15, -0.1) is 5.10 Å². The molecule has 7 nitrogen and oxygen atoms in total. The average molecular weight is 258 g/mol. The van der Waals surface area contributed by atoms with Crippen LogP contribution in [0.3, 0.4) is 0 Å². The molecule has 7 heteroatoms. The maximum absolute atomic E-state index is 12.0. The van der Waals surface area contributed by atoms with Crippen LogP contribution in [-0.2, 0) is 0 Å². The zero-order valence-electron chi connectivity index (χ0n) is 10.0. The topological polar surface area (TPSA) is 101 Å². The molecule has 0 saturated carbocycles. The van der Waals surface area contributed by atoms with Gasteiger partial charge in [-0.1, -0.05) is 16.9 Å². The molecule has 0 fully saturated rings. The van der Waals surface area contributed by atoms with Crippen LogP contribution in [0.15, 0.2) is 22.9 Å². The number of nitrogens with one attached hydrogen (secondary N) is 1. The van der Waals surface area contributed by atoms with Crippen LogP contribution in [0, 0.1) is 18.8 Å². The summed E-state index contributed by atoms with van der Waals surface area (Å²) >= 11 is 0. The first-order chi connectivity index (χ1) is 9.20. The van der Waals surface area contributed by atoms with Crippen molar-refractivity contribution in [1.82, 2.24) is 15.2 Å². The quantitative estimate of drug-likeness (QED) is 0.755. The van der Waals surface area contributed by atoms with E-state index in [-0.39, 0.29) is 12.6 Å². The lowest BCUT2D eigenvalue weighted by molar-refractivity contribution is 0.102. The third-order valence-corrected chi connectivity index (χ3v) is 2.11. The molecule has 96 valence electrons. The Morgan fingerprint density at radius 2 is 2.37 bits per heavy atom. The molecular formula is C12H10N4O3. The molecule has 0 aliphatic rings. The van der Waals surface area contributed by atoms with Crippen molar-refractivity contribution in [2.24, 2.45) is 0 Å². The lowest BCUT2D eigenvalue weighted by atomic mass is 10.1. The Balaban J connectivity index is 2.23. The molecule has 2 rings (SSSR count). The number of amides is 1. The number of hydrogen-bond donors (Lipinski definition) is 2. The molecule has 0 aromatic carbocycles. The Labute approximate surface area is 108 Å². The lowest BCUT2D eigenvalue weighted by Crippen LogP contribution is -2.14. The molecule has 2 aromatic rings. The van der Waals surface area contributed by atoms with Gasteiger partial charge in [-0.05, 0) is 6.07 Å². The molecule has 0 radical (unpaired) electrons. The van der Waals surface area contributed by atoms with Crippen molar-refractivity contribution >= 4 is 11.9 Å². The van der Waals surface area contributed by atoms with Crippen molar-refractivity contribution in [3.63, 3.8) is 0 Å². The Bertz CT molecular complexity index is 654. The van der Waals surface area contributed by atoms with Crippen LogP contribution in [0.25, 0.3) is 0 Å². The first kappa shape index (κ1) is 12.7. The highest BCUT2D eigenvalue weighted by atomic mass is 16.4. The molecule has 0 unspecified atom stereocenters. The summed E-state index contributed by atoms with van der Waals surface area (Å²) in [6.45, 7) is 1.33. The summed E-state index contributed by atoms with van der Waals surface area (Å²) in [6, 6.07) is 1.53. The molecule has 0 bridgehead atoms. The Kier molecular flexibility index (Phi) is 3.85. The molecule has 0 spiro atoms. The summed E-state index contributed by atoms with van der Waals surface area (Å²) in [6.07, 6.45) is 2.91. The number of carbonyl (C=O) groups excluding carboxylic acids is 1. The molecule has 0 saturated heterocycles. The van der Waals surface area contributed by atoms with E-state index in [0.717, 1.165) is 0 Å². The Morgan fingerprint density at radius 3 is 3.05 bits per heavy atom. The summed E-state index contributed by atoms with van der Waals surface area (Å²) < 4.78 is 5.05. The Hall–Kier alpha value is -2.72. The first-order valence-electron chi connectivity index (χ1n) is 5.36. The fourth-order valence-electron chi connectivity index (χ4n) is 1.34. The van der Waals surface area contributed by atoms with Gasteiger partial charge in [-0.2, -0.15) is 0 Å². The van der Waals surface area contributed by atoms with Crippen LogP contribution >= 0.6 is 0 Å². The molecule has 2 aromatic heterocycles. The second-order valence-electron chi connectivity index (χ2n) is 3.46. The van der Waals surface area contributed by atoms with Gasteiger partial charge in [0.1, 0.15) is 6.61 Å². The summed E-state index contributed by atoms with van der Waals surface area (Å²) in [5.74, 6) is 5.02. The van der Waals surface area contributed by atoms with E-state index >= 15 is 0 Å². The lowest BCUT2D eigenvalue weighted by Gasteiger charge is -2.02. The van der Waals surface area contributed by atoms with E-state index in [2.05, 4.69) is 32.3 Å². The van der Waals surface area contributed by atoms with Gasteiger partial charge in [0.25, 0.3) is 5.91 Å². The van der Waals surface area contributed by atoms with Crippen molar-refractivity contribution < 1.29 is 14.3 Å². The van der Waals surface area contributed by atoms with Crippen molar-refractivity contribution in [2.75, 3.05) is 11.9 Å². The highest BCUT2D eigenvalue weighted by Crippen LogP contribution is 2.10. The van der Waals surface area contributed by atoms with Crippen LogP contribution in [0.1, 0.15) is 21.8 Å². The van der Waals surface area contributed by atoms with E-state index in [1.807, 2.05) is 0 Å². The summed E-state index contributed by atoms with van der Waals surface area (Å²) in [5.41, 5.74) is 0.720. The predicted octanol–water partition coefficient (Wildman–Crippen LogP) is 0.369. The second kappa shape index (κ2) is 5.75. The number of carbonyl (C=O) groups is 1. The number of aliphatic hydroxyl groups excluding tert-OH is 1. The maximum atomic E-state index is 12.0. The van der Waals surface area contributed by atoms with Crippen LogP contribution < -0.4 is 5.32 Å². The van der Waals surface area contributed by atoms with Gasteiger partial charge in [0.05, 0.1) is 11.1 Å². The standard InChI is InChI=1S/C12H10N4O3/c1-8-15-16-12(19-8)14-11(18)10-4-5-13-7-9(10)3-2-6-17/h4-5,7,17H,6H2,1H3,(H,14,16,18). The van der Waals surface area contributed by atoms with Crippen molar-refractivity contribution in [1.29, 1.82) is 0 Å². The molecule has 19 heavy (non-hydrogen) atoms. The monoisotopic (exact) mass is 258 g/mol. The highest BCUT2D eigenvalue weighted by Gasteiger charge is 2.13. The predicted molar refractivity (Wildman–Crippen MR) is 65.2 cm³/mol. The van der Waals surface area contributed by atoms with Gasteiger partial charge in [0.15, 0.2) is 0 Å². The van der Waals surface area contributed by atoms with Crippen LogP contribution in [0.2, 0.25) is 0 Å². The highest BCUT2D eigenvalue weighted by molar-refractivity contribution is 6.04. The zero-order valence-corrected chi connectivity index (χ0v) is 10.0. The third-order valence-electron chi connectivity index (χ3n) is 2.11. The van der Waals surface area contributed by atoms with Gasteiger partial charge < -0.3 is 9.52 Å². The molecule has 0 aliphatic heterocycles. The molecule has 0 aliphatic carbocycles. The van der Waals surface area contributed by atoms with E-state index in [0.29, 0.717) is 17.0 Å². The molecular weight excluding hydrogens is 248 g/mol. The zero-order chi connectivity index (χ0) is 13.7. The fraction of sp³-hybridized carbons (Fsp3) is 0.167. The third kappa shape index (κ3) is 3.14. The van der Waals surface area contributed by atoms with Crippen molar-refractivity contribution in [3.05, 3.63) is 35.5 Å². The normalized spacial score (nSPS) is 9.58. The second-order valence-corrected chi connectivity index (χ2v) is 3.46. The van der Waals surface area contributed by atoms with E-state index in [9.17, 15) is 4.79 Å². The minimum absolute atomic E-state index is 0.0142. The minimum atomic E-state index is -0.437. The van der Waals surface area contributed by atoms with E-state index in [1.54, 1.807) is 6.92 Å². The number of aromatic nitrogens is 3. The Morgan fingerprint density at radius 1 is 1.53 bits per heavy atom. The van der Waals surface area contributed by atoms with E-state index < -0.39 is 5.91 Å². The average Bonchev–Trinajstić information content (AvgIpc) is 2.82. The molecule has 2 N–H and O–H groups in total. The van der Waals surface area contributed by atoms with Gasteiger partial charge >= 0.3 is 6.01 Å². The minimum Gasteiger partial charge on any atom is -0.408 e. The molecule has 0 atom stereocenters. The van der Waals surface area contributed by atoms with Crippen molar-refractivity contribution in [2.45, 2.75) is 6.92 Å². The van der Waals surface area contributed by atoms with Gasteiger partial charge in [0, 0.05) is 19.3 Å². The number of anilines is 1. The number of rotatable bonds is 2. The van der Waals surface area contributed by atoms with Gasteiger partial charge in [0.2, 0.25) is 5.89 Å². The van der Waals surface area contributed by atoms with Crippen LogP contribution in [0.5, 0.6) is 0 Å². The van der Waals surface area contributed by atoms with Crippen molar-refractivity contribution in [3.8, 4) is 11.8 Å². The van der Waals surface area contributed by atoms with Gasteiger partial charge in [-0.3, -0.25) is 15.1 Å². The smallest absolute Gasteiger partial charge is 0.322 e. The number of aryl methyl sites for hydroxylation is 1. The van der Waals surface area contributed by atoms with Crippen LogP contribution in [0.4, 0.5) is 6.01 Å². The summed E-state index contributed by atoms with van der Waals surface area (Å²) in [4.78, 5) is 15.9. The fourth-order valence-corrected chi connectivity index (χ4v) is 1.34. The number of aliphatic hydroxyl groups is 1. The number of nitrogens with zero attached hydrogens (tertiary/aromatic N) is 3. The maximum Gasteiger partial charge on any atom is 0.322 e. The van der Waals surface area contributed by atoms with E-state index in [1.165, 1.54) is 18.5 Å². The first-order valence-corrected chi connectivity index (χ1v) is 5.36. The van der Waals surface area contributed by atoms with Crippen LogP contribution in [-0.4, -0.2) is 32.8 Å². The van der Waals surface area contributed by atoms with E-state index in [4.69, 9.17) is 9.52 Å². The molecule has 1 amide bonds. The molecule has 2 heterocycles. The number of hydrogen-bond acceptors (Lipinski definition) is 6. The number of pyridine rings is 1. The largest absolute Gasteiger partial charge is 0.408 e.